The third-order valence-corrected chi connectivity index (χ3v) is 4.65. The number of amides is 2. The van der Waals surface area contributed by atoms with Gasteiger partial charge in [0.25, 0.3) is 0 Å². The van der Waals surface area contributed by atoms with E-state index in [1.54, 1.807) is 16.2 Å². The summed E-state index contributed by atoms with van der Waals surface area (Å²) < 4.78 is 0. The van der Waals surface area contributed by atoms with E-state index in [0.29, 0.717) is 25.9 Å². The number of nitrogens with zero attached hydrogens (tertiary/aromatic N) is 1. The number of hydrogen-bond acceptors (Lipinski definition) is 3. The highest BCUT2D eigenvalue weighted by molar-refractivity contribution is 7.10. The van der Waals surface area contributed by atoms with Gasteiger partial charge in [0.05, 0.1) is 6.42 Å². The van der Waals surface area contributed by atoms with Crippen molar-refractivity contribution >= 4 is 28.8 Å². The first-order valence-electron chi connectivity index (χ1n) is 7.37. The summed E-state index contributed by atoms with van der Waals surface area (Å²) in [5.74, 6) is 0.330. The summed E-state index contributed by atoms with van der Waals surface area (Å²) >= 11 is 1.58. The summed E-state index contributed by atoms with van der Waals surface area (Å²) in [5, 5.41) is 4.91. The van der Waals surface area contributed by atoms with Gasteiger partial charge in [-0.3, -0.25) is 9.59 Å². The predicted octanol–water partition coefficient (Wildman–Crippen LogP) is 2.46. The van der Waals surface area contributed by atoms with Gasteiger partial charge >= 0.3 is 0 Å². The molecule has 1 fully saturated rings. The van der Waals surface area contributed by atoms with Gasteiger partial charge in [0.2, 0.25) is 11.8 Å². The lowest BCUT2D eigenvalue weighted by atomic mass is 10.1. The zero-order valence-corrected chi connectivity index (χ0v) is 13.0. The Labute approximate surface area is 133 Å². The van der Waals surface area contributed by atoms with Gasteiger partial charge < -0.3 is 10.2 Å². The van der Waals surface area contributed by atoms with Gasteiger partial charge in [-0.15, -0.1) is 11.3 Å². The molecule has 1 aromatic carbocycles. The molecule has 1 aliphatic rings. The van der Waals surface area contributed by atoms with Crippen molar-refractivity contribution in [2.24, 2.45) is 5.92 Å². The molecule has 1 unspecified atom stereocenters. The molecule has 0 aliphatic carbocycles. The lowest BCUT2D eigenvalue weighted by Gasteiger charge is -2.16. The fraction of sp³-hybridized carbons (Fsp3) is 0.294. The first-order valence-corrected chi connectivity index (χ1v) is 8.25. The molecule has 0 bridgehead atoms. The van der Waals surface area contributed by atoms with Crippen LogP contribution in [0, 0.1) is 5.92 Å². The second-order valence-electron chi connectivity index (χ2n) is 5.47. The number of thiophene rings is 1. The second kappa shape index (κ2) is 6.75. The highest BCUT2D eigenvalue weighted by Gasteiger charge is 2.30. The van der Waals surface area contributed by atoms with Gasteiger partial charge in [-0.2, -0.15) is 0 Å². The molecule has 3 rings (SSSR count). The molecular weight excluding hydrogens is 296 g/mol. The molecule has 5 heteroatoms. The maximum absolute atomic E-state index is 12.1. The molecule has 2 aromatic rings. The van der Waals surface area contributed by atoms with Gasteiger partial charge in [-0.05, 0) is 23.6 Å². The topological polar surface area (TPSA) is 49.4 Å². The fourth-order valence-corrected chi connectivity index (χ4v) is 3.37. The Morgan fingerprint density at radius 2 is 2.05 bits per heavy atom. The monoisotopic (exact) mass is 314 g/mol. The lowest BCUT2D eigenvalue weighted by molar-refractivity contribution is -0.121. The van der Waals surface area contributed by atoms with E-state index >= 15 is 0 Å². The van der Waals surface area contributed by atoms with Crippen molar-refractivity contribution in [3.63, 3.8) is 0 Å². The minimum Gasteiger partial charge on any atom is -0.355 e. The number of nitrogens with one attached hydrogen (secondary N) is 1. The Kier molecular flexibility index (Phi) is 4.53. The molecule has 0 radical (unpaired) electrons. The zero-order chi connectivity index (χ0) is 15.4. The number of carbonyl (C=O) groups excluding carboxylic acids is 2. The van der Waals surface area contributed by atoms with Crippen molar-refractivity contribution in [2.45, 2.75) is 12.8 Å². The largest absolute Gasteiger partial charge is 0.355 e. The summed E-state index contributed by atoms with van der Waals surface area (Å²) in [6.07, 6.45) is 0.912. The molecule has 1 aromatic heterocycles. The van der Waals surface area contributed by atoms with Crippen molar-refractivity contribution in [3.05, 3.63) is 52.7 Å². The molecule has 4 nitrogen and oxygen atoms in total. The Morgan fingerprint density at radius 3 is 2.77 bits per heavy atom. The van der Waals surface area contributed by atoms with Crippen molar-refractivity contribution in [3.8, 4) is 0 Å². The minimum absolute atomic E-state index is 0.0214. The van der Waals surface area contributed by atoms with Crippen LogP contribution in [0.5, 0.6) is 0 Å². The number of hydrogen-bond donors (Lipinski definition) is 1. The summed E-state index contributed by atoms with van der Waals surface area (Å²) in [6.45, 7) is 1.22. The predicted molar refractivity (Wildman–Crippen MR) is 87.9 cm³/mol. The van der Waals surface area contributed by atoms with E-state index in [1.165, 1.54) is 0 Å². The van der Waals surface area contributed by atoms with E-state index in [-0.39, 0.29) is 17.7 Å². The maximum atomic E-state index is 12.1. The number of para-hydroxylation sites is 1. The molecule has 114 valence electrons. The highest BCUT2D eigenvalue weighted by atomic mass is 32.1. The van der Waals surface area contributed by atoms with Gasteiger partial charge in [0.1, 0.15) is 0 Å². The van der Waals surface area contributed by atoms with Crippen LogP contribution < -0.4 is 10.2 Å². The standard InChI is InChI=1S/C17H18N2O2S/c20-16(10-15-7-4-8-22-15)18-11-13-9-17(21)19(12-13)14-5-2-1-3-6-14/h1-8,13H,9-12H2,(H,18,20). The molecule has 0 spiro atoms. The summed E-state index contributed by atoms with van der Waals surface area (Å²) in [4.78, 5) is 26.9. The molecule has 1 N–H and O–H groups in total. The third-order valence-electron chi connectivity index (χ3n) is 3.78. The highest BCUT2D eigenvalue weighted by Crippen LogP contribution is 2.24. The normalized spacial score (nSPS) is 17.7. The van der Waals surface area contributed by atoms with E-state index in [2.05, 4.69) is 5.32 Å². The average molecular weight is 314 g/mol. The quantitative estimate of drug-likeness (QED) is 0.921. The number of carbonyl (C=O) groups is 2. The summed E-state index contributed by atoms with van der Waals surface area (Å²) in [5.41, 5.74) is 0.930. The van der Waals surface area contributed by atoms with E-state index in [9.17, 15) is 9.59 Å². The van der Waals surface area contributed by atoms with Crippen LogP contribution in [-0.4, -0.2) is 24.9 Å². The molecule has 1 aliphatic heterocycles. The summed E-state index contributed by atoms with van der Waals surface area (Å²) in [7, 11) is 0. The van der Waals surface area contributed by atoms with Crippen LogP contribution >= 0.6 is 11.3 Å². The van der Waals surface area contributed by atoms with Crippen molar-refractivity contribution < 1.29 is 9.59 Å². The zero-order valence-electron chi connectivity index (χ0n) is 12.2. The smallest absolute Gasteiger partial charge is 0.227 e. The number of benzene rings is 1. The van der Waals surface area contributed by atoms with Gasteiger partial charge in [-0.1, -0.05) is 24.3 Å². The second-order valence-corrected chi connectivity index (χ2v) is 6.50. The maximum Gasteiger partial charge on any atom is 0.227 e. The van der Waals surface area contributed by atoms with Crippen molar-refractivity contribution in [1.29, 1.82) is 0 Å². The molecule has 0 saturated carbocycles. The minimum atomic E-state index is 0.0214. The van der Waals surface area contributed by atoms with Crippen LogP contribution in [0.2, 0.25) is 0 Å². The van der Waals surface area contributed by atoms with Crippen LogP contribution in [-0.2, 0) is 16.0 Å². The molecule has 2 heterocycles. The average Bonchev–Trinajstić information content (AvgIpc) is 3.16. The fourth-order valence-electron chi connectivity index (χ4n) is 2.67. The Balaban J connectivity index is 1.50. The first-order chi connectivity index (χ1) is 10.7. The van der Waals surface area contributed by atoms with Gasteiger partial charge in [0.15, 0.2) is 0 Å². The molecule has 2 amide bonds. The van der Waals surface area contributed by atoms with Crippen LogP contribution in [0.25, 0.3) is 0 Å². The van der Waals surface area contributed by atoms with E-state index in [0.717, 1.165) is 10.6 Å². The van der Waals surface area contributed by atoms with Crippen molar-refractivity contribution in [1.82, 2.24) is 5.32 Å². The van der Waals surface area contributed by atoms with Crippen LogP contribution in [0.1, 0.15) is 11.3 Å². The van der Waals surface area contributed by atoms with Crippen LogP contribution in [0.4, 0.5) is 5.69 Å². The third kappa shape index (κ3) is 3.54. The van der Waals surface area contributed by atoms with E-state index in [4.69, 9.17) is 0 Å². The van der Waals surface area contributed by atoms with Crippen molar-refractivity contribution in [2.75, 3.05) is 18.0 Å². The SMILES string of the molecule is O=C(Cc1cccs1)NCC1CC(=O)N(c2ccccc2)C1. The summed E-state index contributed by atoms with van der Waals surface area (Å²) in [6, 6.07) is 13.6. The Morgan fingerprint density at radius 1 is 1.23 bits per heavy atom. The lowest BCUT2D eigenvalue weighted by Crippen LogP contribution is -2.32. The van der Waals surface area contributed by atoms with Gasteiger partial charge in [-0.25, -0.2) is 0 Å². The van der Waals surface area contributed by atoms with E-state index < -0.39 is 0 Å². The number of rotatable bonds is 5. The first kappa shape index (κ1) is 14.8. The van der Waals surface area contributed by atoms with Crippen LogP contribution in [0.15, 0.2) is 47.8 Å². The molecule has 1 atom stereocenters. The van der Waals surface area contributed by atoms with E-state index in [1.807, 2.05) is 47.8 Å². The van der Waals surface area contributed by atoms with Crippen LogP contribution in [0.3, 0.4) is 0 Å². The molecule has 22 heavy (non-hydrogen) atoms. The number of anilines is 1. The Bertz CT molecular complexity index is 640. The van der Waals surface area contributed by atoms with Gasteiger partial charge in [0, 0.05) is 36.0 Å². The molecule has 1 saturated heterocycles. The molecular formula is C17H18N2O2S. The Hall–Kier alpha value is -2.14.